The lowest BCUT2D eigenvalue weighted by Gasteiger charge is -2.12. The topological polar surface area (TPSA) is 60.2 Å². The van der Waals surface area contributed by atoms with Crippen molar-refractivity contribution >= 4 is 0 Å². The smallest absolute Gasteiger partial charge is 0.223 e. The van der Waals surface area contributed by atoms with Gasteiger partial charge in [0.25, 0.3) is 0 Å². The van der Waals surface area contributed by atoms with Crippen molar-refractivity contribution in [1.82, 2.24) is 15.5 Å². The molecular weight excluding hydrogens is 273 g/mol. The predicted molar refractivity (Wildman–Crippen MR) is 76.3 cm³/mol. The van der Waals surface area contributed by atoms with E-state index in [1.807, 2.05) is 0 Å². The maximum atomic E-state index is 13.4. The first-order chi connectivity index (χ1) is 10.0. The fraction of sp³-hybridized carbons (Fsp3) is 0.467. The van der Waals surface area contributed by atoms with Crippen LogP contribution in [-0.4, -0.2) is 16.7 Å². The van der Waals surface area contributed by atoms with E-state index in [1.165, 1.54) is 12.1 Å². The van der Waals surface area contributed by atoms with E-state index in [9.17, 15) is 4.39 Å². The van der Waals surface area contributed by atoms with E-state index in [2.05, 4.69) is 29.3 Å². The minimum absolute atomic E-state index is 0.195. The third kappa shape index (κ3) is 4.82. The van der Waals surface area contributed by atoms with Crippen molar-refractivity contribution < 1.29 is 13.7 Å². The summed E-state index contributed by atoms with van der Waals surface area (Å²) in [5.74, 6) is 1.84. The lowest BCUT2D eigenvalue weighted by Crippen LogP contribution is -2.19. The van der Waals surface area contributed by atoms with E-state index in [1.54, 1.807) is 13.0 Å². The highest BCUT2D eigenvalue weighted by Crippen LogP contribution is 2.20. The van der Waals surface area contributed by atoms with Gasteiger partial charge in [-0.25, -0.2) is 4.39 Å². The number of nitrogens with one attached hydrogen (secondary N) is 1. The molecule has 2 rings (SSSR count). The molecule has 1 aromatic heterocycles. The molecule has 0 amide bonds. The largest absolute Gasteiger partial charge is 0.485 e. The highest BCUT2D eigenvalue weighted by atomic mass is 19.1. The Labute approximate surface area is 123 Å². The average Bonchev–Trinajstić information content (AvgIpc) is 2.83. The summed E-state index contributed by atoms with van der Waals surface area (Å²) in [5.41, 5.74) is 0.774. The summed E-state index contributed by atoms with van der Waals surface area (Å²) in [6.07, 6.45) is 0. The molecule has 114 valence electrons. The number of aromatic nitrogens is 2. The van der Waals surface area contributed by atoms with Crippen LogP contribution < -0.4 is 10.1 Å². The Hall–Kier alpha value is -1.95. The van der Waals surface area contributed by atoms with Crippen LogP contribution in [0, 0.1) is 18.7 Å². The van der Waals surface area contributed by atoms with Gasteiger partial charge >= 0.3 is 0 Å². The van der Waals surface area contributed by atoms with Crippen LogP contribution >= 0.6 is 0 Å². The minimum Gasteiger partial charge on any atom is -0.485 e. The molecule has 5 nitrogen and oxygen atoms in total. The Morgan fingerprint density at radius 3 is 2.86 bits per heavy atom. The second kappa shape index (κ2) is 7.17. The zero-order valence-electron chi connectivity index (χ0n) is 12.5. The van der Waals surface area contributed by atoms with Crippen LogP contribution in [0.1, 0.15) is 31.1 Å². The third-order valence-corrected chi connectivity index (χ3v) is 2.82. The number of hydrogen-bond donors (Lipinski definition) is 1. The molecule has 1 N–H and O–H groups in total. The molecule has 0 aliphatic heterocycles. The van der Waals surface area contributed by atoms with Gasteiger partial charge in [-0.2, -0.15) is 4.98 Å². The summed E-state index contributed by atoms with van der Waals surface area (Å²) in [4.78, 5) is 4.07. The van der Waals surface area contributed by atoms with Gasteiger partial charge in [-0.3, -0.25) is 0 Å². The van der Waals surface area contributed by atoms with Gasteiger partial charge in [-0.05, 0) is 30.7 Å². The van der Waals surface area contributed by atoms with Gasteiger partial charge in [0, 0.05) is 19.0 Å². The molecule has 2 aromatic rings. The molecule has 0 saturated heterocycles. The highest BCUT2D eigenvalue weighted by Gasteiger charge is 2.08. The van der Waals surface area contributed by atoms with Crippen LogP contribution in [0.3, 0.4) is 0 Å². The van der Waals surface area contributed by atoms with Crippen molar-refractivity contribution in [2.45, 2.75) is 33.9 Å². The van der Waals surface area contributed by atoms with Crippen LogP contribution in [0.2, 0.25) is 0 Å². The third-order valence-electron chi connectivity index (χ3n) is 2.82. The Kier molecular flexibility index (Phi) is 5.27. The van der Waals surface area contributed by atoms with E-state index in [4.69, 9.17) is 9.26 Å². The number of ether oxygens (including phenoxy) is 1. The number of rotatable bonds is 7. The summed E-state index contributed by atoms with van der Waals surface area (Å²) >= 11 is 0. The van der Waals surface area contributed by atoms with Crippen LogP contribution in [0.5, 0.6) is 5.75 Å². The number of nitrogens with zero attached hydrogens (tertiary/aromatic N) is 2. The lowest BCUT2D eigenvalue weighted by molar-refractivity contribution is 0.282. The maximum Gasteiger partial charge on any atom is 0.223 e. The fourth-order valence-electron chi connectivity index (χ4n) is 1.86. The minimum atomic E-state index is -0.279. The lowest BCUT2D eigenvalue weighted by atomic mass is 10.1. The molecular formula is C15H20FN3O2. The van der Waals surface area contributed by atoms with Gasteiger partial charge in [0.2, 0.25) is 11.7 Å². The first-order valence-corrected chi connectivity index (χ1v) is 6.95. The first kappa shape index (κ1) is 15.4. The van der Waals surface area contributed by atoms with Crippen molar-refractivity contribution in [3.05, 3.63) is 41.3 Å². The number of halogens is 1. The number of aryl methyl sites for hydroxylation is 1. The van der Waals surface area contributed by atoms with Crippen LogP contribution in [-0.2, 0) is 13.2 Å². The molecule has 0 spiro atoms. The van der Waals surface area contributed by atoms with Crippen LogP contribution in [0.15, 0.2) is 22.7 Å². The molecule has 0 aliphatic carbocycles. The van der Waals surface area contributed by atoms with Crippen LogP contribution in [0.4, 0.5) is 4.39 Å². The SMILES string of the molecule is Cc1nc(COc2ccc(F)cc2CNCC(C)C)no1. The van der Waals surface area contributed by atoms with Crippen molar-refractivity contribution in [1.29, 1.82) is 0 Å². The Balaban J connectivity index is 2.00. The second-order valence-electron chi connectivity index (χ2n) is 5.30. The molecule has 0 aliphatic rings. The molecule has 1 heterocycles. The molecule has 1 aromatic carbocycles. The van der Waals surface area contributed by atoms with E-state index < -0.39 is 0 Å². The average molecular weight is 293 g/mol. The summed E-state index contributed by atoms with van der Waals surface area (Å²) in [5, 5.41) is 7.04. The molecule has 0 fully saturated rings. The highest BCUT2D eigenvalue weighted by molar-refractivity contribution is 5.34. The Bertz CT molecular complexity index is 584. The zero-order chi connectivity index (χ0) is 15.2. The second-order valence-corrected chi connectivity index (χ2v) is 5.30. The number of benzene rings is 1. The van der Waals surface area contributed by atoms with Crippen LogP contribution in [0.25, 0.3) is 0 Å². The Morgan fingerprint density at radius 2 is 2.19 bits per heavy atom. The number of hydrogen-bond acceptors (Lipinski definition) is 5. The van der Waals surface area contributed by atoms with Crippen molar-refractivity contribution in [3.8, 4) is 5.75 Å². The van der Waals surface area contributed by atoms with Crippen molar-refractivity contribution in [2.75, 3.05) is 6.54 Å². The van der Waals surface area contributed by atoms with E-state index >= 15 is 0 Å². The van der Waals surface area contributed by atoms with Gasteiger partial charge in [-0.15, -0.1) is 0 Å². The van der Waals surface area contributed by atoms with Gasteiger partial charge < -0.3 is 14.6 Å². The van der Waals surface area contributed by atoms with Gasteiger partial charge in [0.1, 0.15) is 11.6 Å². The van der Waals surface area contributed by atoms with E-state index in [0.29, 0.717) is 29.9 Å². The summed E-state index contributed by atoms with van der Waals surface area (Å²) in [6.45, 7) is 7.56. The molecule has 0 bridgehead atoms. The molecule has 0 radical (unpaired) electrons. The molecule has 0 saturated carbocycles. The Morgan fingerprint density at radius 1 is 1.38 bits per heavy atom. The summed E-state index contributed by atoms with van der Waals surface area (Å²) < 4.78 is 23.9. The maximum absolute atomic E-state index is 13.4. The molecule has 6 heteroatoms. The van der Waals surface area contributed by atoms with E-state index in [-0.39, 0.29) is 12.4 Å². The summed E-state index contributed by atoms with van der Waals surface area (Å²) in [7, 11) is 0. The monoisotopic (exact) mass is 293 g/mol. The van der Waals surface area contributed by atoms with Gasteiger partial charge in [0.05, 0.1) is 0 Å². The normalized spacial score (nSPS) is 11.1. The first-order valence-electron chi connectivity index (χ1n) is 6.95. The quantitative estimate of drug-likeness (QED) is 0.850. The van der Waals surface area contributed by atoms with Crippen molar-refractivity contribution in [2.24, 2.45) is 5.92 Å². The molecule has 0 atom stereocenters. The van der Waals surface area contributed by atoms with Gasteiger partial charge in [-0.1, -0.05) is 19.0 Å². The van der Waals surface area contributed by atoms with E-state index in [0.717, 1.165) is 12.1 Å². The fourth-order valence-corrected chi connectivity index (χ4v) is 1.86. The van der Waals surface area contributed by atoms with Crippen molar-refractivity contribution in [3.63, 3.8) is 0 Å². The summed E-state index contributed by atoms with van der Waals surface area (Å²) in [6, 6.07) is 4.47. The van der Waals surface area contributed by atoms with Gasteiger partial charge in [0.15, 0.2) is 6.61 Å². The molecule has 0 unspecified atom stereocenters. The zero-order valence-corrected chi connectivity index (χ0v) is 12.5. The molecule has 21 heavy (non-hydrogen) atoms. The standard InChI is InChI=1S/C15H20FN3O2/c1-10(2)7-17-8-12-6-13(16)4-5-14(12)20-9-15-18-11(3)21-19-15/h4-6,10,17H,7-9H2,1-3H3. The predicted octanol–water partition coefficient (Wildman–Crippen LogP) is 2.84.